The number of halogens is 1. The van der Waals surface area contributed by atoms with Crippen LogP contribution in [-0.2, 0) is 4.79 Å². The zero-order valence-corrected chi connectivity index (χ0v) is 14.9. The first kappa shape index (κ1) is 19.0. The number of anilines is 1. The molecule has 0 saturated heterocycles. The van der Waals surface area contributed by atoms with Gasteiger partial charge in [-0.25, -0.2) is 9.24 Å². The van der Waals surface area contributed by atoms with Gasteiger partial charge in [-0.05, 0) is 55.3 Å². The number of aliphatic hydroxyl groups is 1. The monoisotopic (exact) mass is 358 g/mol. The molecule has 6 heteroatoms. The Balaban J connectivity index is 2.07. The molecule has 0 aliphatic rings. The zero-order chi connectivity index (χ0) is 18.4. The van der Waals surface area contributed by atoms with Crippen LogP contribution in [0.5, 0.6) is 0 Å². The molecule has 0 aliphatic heterocycles. The maximum absolute atomic E-state index is 12.9. The summed E-state index contributed by atoms with van der Waals surface area (Å²) < 4.78 is 12.9. The summed E-state index contributed by atoms with van der Waals surface area (Å²) in [7, 11) is 0. The van der Waals surface area contributed by atoms with Crippen molar-refractivity contribution < 1.29 is 14.3 Å². The number of rotatable bonds is 6. The molecule has 130 valence electrons. The summed E-state index contributed by atoms with van der Waals surface area (Å²) in [4.78, 5) is 16.7. The lowest BCUT2D eigenvalue weighted by atomic mass is 10.0. The predicted molar refractivity (Wildman–Crippen MR) is 98.4 cm³/mol. The number of hydrogen-bond acceptors (Lipinski definition) is 3. The van der Waals surface area contributed by atoms with E-state index in [-0.39, 0.29) is 18.0 Å². The molecule has 2 rings (SSSR count). The summed E-state index contributed by atoms with van der Waals surface area (Å²) in [5.74, 6) is -0.675. The molecule has 0 radical (unpaired) electrons. The number of nitrogens with zero attached hydrogens (tertiary/aromatic N) is 1. The minimum atomic E-state index is -1.55. The summed E-state index contributed by atoms with van der Waals surface area (Å²) in [5, 5.41) is 13.4. The van der Waals surface area contributed by atoms with Crippen LogP contribution in [0.3, 0.4) is 0 Å². The Labute approximate surface area is 150 Å². The first-order valence-corrected chi connectivity index (χ1v) is 8.77. The molecule has 2 N–H and O–H groups in total. The molecule has 0 saturated carbocycles. The Morgan fingerprint density at radius 3 is 2.56 bits per heavy atom. The van der Waals surface area contributed by atoms with Gasteiger partial charge in [0.1, 0.15) is 5.82 Å². The van der Waals surface area contributed by atoms with Crippen molar-refractivity contribution in [2.24, 2.45) is 0 Å². The lowest BCUT2D eigenvalue weighted by Crippen LogP contribution is -2.44. The molecule has 4 nitrogen and oxygen atoms in total. The Hall–Kier alpha value is -2.36. The summed E-state index contributed by atoms with van der Waals surface area (Å²) >= 11 is 1.29. The number of carbonyl (C=O) groups is 1. The molecule has 0 heterocycles. The second-order valence-corrected chi connectivity index (χ2v) is 6.74. The Bertz CT molecular complexity index is 802. The highest BCUT2D eigenvalue weighted by Gasteiger charge is 2.34. The molecular formula is C19H19FN2O2S. The van der Waals surface area contributed by atoms with Gasteiger partial charge < -0.3 is 10.4 Å². The Morgan fingerprint density at radius 2 is 2.00 bits per heavy atom. The minimum Gasteiger partial charge on any atom is -0.379 e. The number of aryl methyl sites for hydroxylation is 1. The van der Waals surface area contributed by atoms with Crippen LogP contribution in [0, 0.1) is 19.3 Å². The first-order valence-electron chi connectivity index (χ1n) is 7.78. The molecule has 0 fully saturated rings. The third-order valence-corrected chi connectivity index (χ3v) is 5.10. The van der Waals surface area contributed by atoms with Gasteiger partial charge in [0.05, 0.1) is 6.57 Å². The molecule has 1 amide bonds. The molecule has 0 unspecified atom stereocenters. The van der Waals surface area contributed by atoms with Crippen LogP contribution in [0.1, 0.15) is 18.9 Å². The summed E-state index contributed by atoms with van der Waals surface area (Å²) in [5.41, 5.74) is 0.267. The third kappa shape index (κ3) is 4.81. The van der Waals surface area contributed by atoms with E-state index in [1.165, 1.54) is 23.9 Å². The molecule has 0 spiro atoms. The largest absolute Gasteiger partial charge is 0.379 e. The van der Waals surface area contributed by atoms with Crippen LogP contribution in [0.4, 0.5) is 15.8 Å². The van der Waals surface area contributed by atoms with Crippen LogP contribution in [0.2, 0.25) is 0 Å². The number of hydrogen-bond donors (Lipinski definition) is 2. The molecule has 0 aromatic heterocycles. The highest BCUT2D eigenvalue weighted by Crippen LogP contribution is 2.27. The van der Waals surface area contributed by atoms with Gasteiger partial charge >= 0.3 is 0 Å². The molecule has 1 atom stereocenters. The van der Waals surface area contributed by atoms with Crippen LogP contribution in [0.15, 0.2) is 47.4 Å². The maximum atomic E-state index is 12.9. The fourth-order valence-electron chi connectivity index (χ4n) is 2.17. The van der Waals surface area contributed by atoms with Crippen molar-refractivity contribution in [3.05, 3.63) is 65.3 Å². The molecule has 2 aromatic carbocycles. The van der Waals surface area contributed by atoms with Gasteiger partial charge in [-0.3, -0.25) is 4.79 Å². The second kappa shape index (κ2) is 8.15. The van der Waals surface area contributed by atoms with E-state index >= 15 is 0 Å². The summed E-state index contributed by atoms with van der Waals surface area (Å²) in [6.07, 6.45) is 0.242. The van der Waals surface area contributed by atoms with Crippen LogP contribution in [0.25, 0.3) is 4.85 Å². The minimum absolute atomic E-state index is 0.153. The van der Waals surface area contributed by atoms with Crippen molar-refractivity contribution in [3.63, 3.8) is 0 Å². The Morgan fingerprint density at radius 1 is 1.32 bits per heavy atom. The lowest BCUT2D eigenvalue weighted by Gasteiger charge is -2.25. The van der Waals surface area contributed by atoms with Gasteiger partial charge in [0.15, 0.2) is 11.3 Å². The molecular weight excluding hydrogens is 339 g/mol. The highest BCUT2D eigenvalue weighted by molar-refractivity contribution is 7.99. The SMILES string of the molecule is [C-]#[N+]c1ccc(NC(=O)[C@](O)(CC)CSc2ccc(F)cc2)cc1C. The van der Waals surface area contributed by atoms with Crippen molar-refractivity contribution in [2.45, 2.75) is 30.8 Å². The summed E-state index contributed by atoms with van der Waals surface area (Å²) in [6.45, 7) is 10.6. The van der Waals surface area contributed by atoms with E-state index in [0.29, 0.717) is 11.4 Å². The topological polar surface area (TPSA) is 53.7 Å². The van der Waals surface area contributed by atoms with Crippen molar-refractivity contribution in [2.75, 3.05) is 11.1 Å². The standard InChI is InChI=1S/C19H19FN2O2S/c1-4-19(24,12-25-16-8-5-14(20)6-9-16)18(23)22-15-7-10-17(21-3)13(2)11-15/h5-11,24H,4,12H2,1-2H3,(H,22,23)/t19-/m0/s1. The van der Waals surface area contributed by atoms with Gasteiger partial charge in [-0.15, -0.1) is 11.8 Å². The van der Waals surface area contributed by atoms with Crippen molar-refractivity contribution >= 4 is 29.0 Å². The average Bonchev–Trinajstić information content (AvgIpc) is 2.61. The van der Waals surface area contributed by atoms with Gasteiger partial charge in [-0.1, -0.05) is 13.0 Å². The summed E-state index contributed by atoms with van der Waals surface area (Å²) in [6, 6.07) is 10.9. The van der Waals surface area contributed by atoms with Gasteiger partial charge in [0.2, 0.25) is 0 Å². The van der Waals surface area contributed by atoms with E-state index in [1.807, 2.05) is 0 Å². The number of carbonyl (C=O) groups excluding carboxylic acids is 1. The Kier molecular flexibility index (Phi) is 6.18. The third-order valence-electron chi connectivity index (χ3n) is 3.87. The number of nitrogens with one attached hydrogen (secondary N) is 1. The maximum Gasteiger partial charge on any atom is 0.257 e. The van der Waals surface area contributed by atoms with Crippen LogP contribution >= 0.6 is 11.8 Å². The second-order valence-electron chi connectivity index (χ2n) is 5.69. The fraction of sp³-hybridized carbons (Fsp3) is 0.263. The van der Waals surface area contributed by atoms with Gasteiger partial charge in [0, 0.05) is 16.3 Å². The van der Waals surface area contributed by atoms with Crippen LogP contribution < -0.4 is 5.32 Å². The highest BCUT2D eigenvalue weighted by atomic mass is 32.2. The van der Waals surface area contributed by atoms with E-state index < -0.39 is 11.5 Å². The average molecular weight is 358 g/mol. The number of benzene rings is 2. The van der Waals surface area contributed by atoms with Crippen LogP contribution in [-0.4, -0.2) is 22.4 Å². The molecule has 25 heavy (non-hydrogen) atoms. The van der Waals surface area contributed by atoms with Crippen molar-refractivity contribution in [1.82, 2.24) is 0 Å². The molecule has 0 bridgehead atoms. The lowest BCUT2D eigenvalue weighted by molar-refractivity contribution is -0.132. The van der Waals surface area contributed by atoms with Crippen molar-refractivity contribution in [3.8, 4) is 0 Å². The quantitative estimate of drug-likeness (QED) is 0.588. The molecule has 0 aliphatic carbocycles. The van der Waals surface area contributed by atoms with Crippen molar-refractivity contribution in [1.29, 1.82) is 0 Å². The normalized spacial score (nSPS) is 12.9. The van der Waals surface area contributed by atoms with E-state index in [9.17, 15) is 14.3 Å². The van der Waals surface area contributed by atoms with E-state index in [1.54, 1.807) is 44.2 Å². The smallest absolute Gasteiger partial charge is 0.257 e. The van der Waals surface area contributed by atoms with E-state index in [4.69, 9.17) is 6.57 Å². The van der Waals surface area contributed by atoms with Gasteiger partial charge in [-0.2, -0.15) is 0 Å². The predicted octanol–water partition coefficient (Wildman–Crippen LogP) is 4.56. The molecule has 2 aromatic rings. The number of thioether (sulfide) groups is 1. The van der Waals surface area contributed by atoms with E-state index in [0.717, 1.165) is 10.5 Å². The number of amides is 1. The first-order chi connectivity index (χ1) is 11.9. The van der Waals surface area contributed by atoms with E-state index in [2.05, 4.69) is 10.2 Å². The van der Waals surface area contributed by atoms with Gasteiger partial charge in [0.25, 0.3) is 5.91 Å². The zero-order valence-electron chi connectivity index (χ0n) is 14.0. The fourth-order valence-corrected chi connectivity index (χ4v) is 3.24.